The second-order valence-corrected chi connectivity index (χ2v) is 7.89. The number of carbonyl (C=O) groups excluding carboxylic acids is 1. The molecule has 164 valence electrons. The minimum Gasteiger partial charge on any atom is -0.379 e. The molecule has 1 amide bonds. The number of nitrogens with zero attached hydrogens (tertiary/aromatic N) is 4. The third-order valence-corrected chi connectivity index (χ3v) is 5.61. The first kappa shape index (κ1) is 21.2. The van der Waals surface area contributed by atoms with Crippen LogP contribution in [0.25, 0.3) is 16.7 Å². The molecular formula is C22H29N6O3+. The maximum Gasteiger partial charge on any atom is 0.278 e. The van der Waals surface area contributed by atoms with E-state index in [2.05, 4.69) is 15.2 Å². The van der Waals surface area contributed by atoms with Gasteiger partial charge in [-0.2, -0.15) is 0 Å². The molecule has 1 aliphatic heterocycles. The van der Waals surface area contributed by atoms with Gasteiger partial charge in [-0.1, -0.05) is 18.0 Å². The van der Waals surface area contributed by atoms with Crippen LogP contribution in [0.2, 0.25) is 0 Å². The quantitative estimate of drug-likeness (QED) is 0.440. The second-order valence-electron chi connectivity index (χ2n) is 7.89. The van der Waals surface area contributed by atoms with Gasteiger partial charge >= 0.3 is 0 Å². The summed E-state index contributed by atoms with van der Waals surface area (Å²) in [7, 11) is 0. The molecule has 0 aromatic carbocycles. The van der Waals surface area contributed by atoms with Gasteiger partial charge in [0.1, 0.15) is 10.9 Å². The molecule has 1 aliphatic rings. The number of rotatable bonds is 6. The maximum absolute atomic E-state index is 13.2. The van der Waals surface area contributed by atoms with Crippen molar-refractivity contribution in [1.29, 1.82) is 0 Å². The van der Waals surface area contributed by atoms with E-state index >= 15 is 0 Å². The lowest BCUT2D eigenvalue weighted by molar-refractivity contribution is -0.658. The highest BCUT2D eigenvalue weighted by molar-refractivity contribution is 6.00. The van der Waals surface area contributed by atoms with Crippen molar-refractivity contribution < 1.29 is 14.1 Å². The average Bonchev–Trinajstić information content (AvgIpc) is 2.77. The number of ether oxygens (including phenoxy) is 1. The lowest BCUT2D eigenvalue weighted by Crippen LogP contribution is -2.44. The van der Waals surface area contributed by atoms with Gasteiger partial charge in [-0.15, -0.1) is 0 Å². The summed E-state index contributed by atoms with van der Waals surface area (Å²) in [4.78, 5) is 33.1. The van der Waals surface area contributed by atoms with E-state index in [9.17, 15) is 9.59 Å². The second kappa shape index (κ2) is 8.99. The molecule has 4 rings (SSSR count). The summed E-state index contributed by atoms with van der Waals surface area (Å²) in [6.45, 7) is 8.89. The lowest BCUT2D eigenvalue weighted by Gasteiger charge is -2.26. The fourth-order valence-corrected chi connectivity index (χ4v) is 3.94. The molecule has 0 spiro atoms. The molecule has 0 bridgehead atoms. The van der Waals surface area contributed by atoms with E-state index in [-0.39, 0.29) is 11.5 Å². The Labute approximate surface area is 180 Å². The molecule has 9 nitrogen and oxygen atoms in total. The van der Waals surface area contributed by atoms with Gasteiger partial charge in [0.05, 0.1) is 19.8 Å². The summed E-state index contributed by atoms with van der Waals surface area (Å²) >= 11 is 0. The standard InChI is InChI=1S/C22H28N6O3/c1-3-7-27-19(23)16(21(29)24-6-8-26-9-11-31-12-10-26)13-17-20(27)25-18-5-4-15(2)14-28(18)22(17)30/h4-5,13-14,23H,3,6-12H2,1-2H3,(H,24,29)/p+1. The largest absolute Gasteiger partial charge is 0.379 e. The maximum atomic E-state index is 13.2. The van der Waals surface area contributed by atoms with Crippen molar-refractivity contribution >= 4 is 28.4 Å². The van der Waals surface area contributed by atoms with E-state index in [1.165, 1.54) is 4.40 Å². The Hall–Kier alpha value is -3.04. The Balaban J connectivity index is 1.71. The first-order chi connectivity index (χ1) is 15.0. The van der Waals surface area contributed by atoms with Crippen LogP contribution in [0.1, 0.15) is 29.3 Å². The Bertz CT molecular complexity index is 1180. The number of nitrogens with one attached hydrogen (secondary N) is 1. The molecule has 31 heavy (non-hydrogen) atoms. The Morgan fingerprint density at radius 3 is 2.84 bits per heavy atom. The number of morpholine rings is 1. The number of fused-ring (bicyclic) bond motifs is 2. The summed E-state index contributed by atoms with van der Waals surface area (Å²) in [6.07, 6.45) is 2.55. The fourth-order valence-electron chi connectivity index (χ4n) is 3.94. The number of nitrogen functional groups attached to an aromatic ring is 1. The van der Waals surface area contributed by atoms with Gasteiger partial charge in [-0.25, -0.2) is 4.57 Å². The van der Waals surface area contributed by atoms with Gasteiger partial charge in [0.15, 0.2) is 0 Å². The van der Waals surface area contributed by atoms with Crippen molar-refractivity contribution in [2.45, 2.75) is 26.8 Å². The molecule has 0 saturated carbocycles. The molecule has 3 aromatic rings. The monoisotopic (exact) mass is 425 g/mol. The van der Waals surface area contributed by atoms with Gasteiger partial charge in [0.25, 0.3) is 17.1 Å². The summed E-state index contributed by atoms with van der Waals surface area (Å²) in [6, 6.07) is 5.30. The number of hydrogen-bond acceptors (Lipinski definition) is 6. The van der Waals surface area contributed by atoms with Gasteiger partial charge < -0.3 is 15.8 Å². The van der Waals surface area contributed by atoms with Gasteiger partial charge in [0, 0.05) is 32.4 Å². The van der Waals surface area contributed by atoms with E-state index < -0.39 is 0 Å². The van der Waals surface area contributed by atoms with Crippen LogP contribution in [0.5, 0.6) is 0 Å². The number of hydrogen-bond donors (Lipinski definition) is 2. The third kappa shape index (κ3) is 4.24. The zero-order valence-electron chi connectivity index (χ0n) is 18.1. The van der Waals surface area contributed by atoms with Crippen LogP contribution in [-0.4, -0.2) is 59.6 Å². The first-order valence-corrected chi connectivity index (χ1v) is 10.7. The average molecular weight is 426 g/mol. The van der Waals surface area contributed by atoms with Crippen LogP contribution < -0.4 is 21.2 Å². The molecule has 0 radical (unpaired) electrons. The molecule has 4 heterocycles. The van der Waals surface area contributed by atoms with Crippen molar-refractivity contribution in [1.82, 2.24) is 19.6 Å². The van der Waals surface area contributed by atoms with Crippen molar-refractivity contribution in [2.75, 3.05) is 45.1 Å². The van der Waals surface area contributed by atoms with Crippen molar-refractivity contribution in [3.8, 4) is 0 Å². The van der Waals surface area contributed by atoms with E-state index in [1.54, 1.807) is 16.8 Å². The van der Waals surface area contributed by atoms with E-state index in [4.69, 9.17) is 10.5 Å². The number of carbonyl (C=O) groups is 1. The number of nitrogens with two attached hydrogens (primary N) is 1. The van der Waals surface area contributed by atoms with Gasteiger partial charge in [-0.05, 0) is 31.0 Å². The minimum atomic E-state index is -0.286. The van der Waals surface area contributed by atoms with E-state index in [0.29, 0.717) is 54.4 Å². The molecule has 3 aromatic heterocycles. The molecule has 1 fully saturated rings. The van der Waals surface area contributed by atoms with Gasteiger partial charge in [0.2, 0.25) is 11.5 Å². The molecule has 1 saturated heterocycles. The SMILES string of the molecule is CCC[n+]1c(N)c(C(=O)NCCN2CCOCC2)cc2c(=O)n3cc(C)ccc3nc21. The Kier molecular flexibility index (Phi) is 6.15. The molecule has 3 N–H and O–H groups in total. The highest BCUT2D eigenvalue weighted by atomic mass is 16.5. The zero-order valence-corrected chi connectivity index (χ0v) is 18.1. The predicted molar refractivity (Wildman–Crippen MR) is 118 cm³/mol. The number of aryl methyl sites for hydroxylation is 2. The predicted octanol–water partition coefficient (Wildman–Crippen LogP) is 0.498. The van der Waals surface area contributed by atoms with Crippen LogP contribution in [0.3, 0.4) is 0 Å². The Morgan fingerprint density at radius 1 is 1.32 bits per heavy atom. The van der Waals surface area contributed by atoms with Crippen LogP contribution in [0, 0.1) is 6.92 Å². The van der Waals surface area contributed by atoms with Crippen LogP contribution in [0.15, 0.2) is 29.2 Å². The summed E-state index contributed by atoms with van der Waals surface area (Å²) < 4.78 is 8.64. The van der Waals surface area contributed by atoms with Gasteiger partial charge in [-0.3, -0.25) is 18.9 Å². The summed E-state index contributed by atoms with van der Waals surface area (Å²) in [5.41, 5.74) is 8.49. The molecule has 0 unspecified atom stereocenters. The van der Waals surface area contributed by atoms with Crippen molar-refractivity contribution in [3.05, 3.63) is 45.9 Å². The Morgan fingerprint density at radius 2 is 2.10 bits per heavy atom. The molecular weight excluding hydrogens is 396 g/mol. The van der Waals surface area contributed by atoms with Crippen LogP contribution >= 0.6 is 0 Å². The number of pyridine rings is 2. The summed E-state index contributed by atoms with van der Waals surface area (Å²) in [5, 5.41) is 3.32. The number of amides is 1. The zero-order chi connectivity index (χ0) is 22.0. The molecule has 0 aliphatic carbocycles. The minimum absolute atomic E-state index is 0.212. The van der Waals surface area contributed by atoms with E-state index in [0.717, 1.165) is 31.6 Å². The summed E-state index contributed by atoms with van der Waals surface area (Å²) in [5.74, 6) is 0.0350. The molecule has 9 heteroatoms. The van der Waals surface area contributed by atoms with Crippen molar-refractivity contribution in [2.24, 2.45) is 0 Å². The third-order valence-electron chi connectivity index (χ3n) is 5.61. The lowest BCUT2D eigenvalue weighted by atomic mass is 10.1. The van der Waals surface area contributed by atoms with Crippen molar-refractivity contribution in [3.63, 3.8) is 0 Å². The normalized spacial score (nSPS) is 14.9. The van der Waals surface area contributed by atoms with Crippen LogP contribution in [-0.2, 0) is 11.3 Å². The first-order valence-electron chi connectivity index (χ1n) is 10.7. The molecule has 0 atom stereocenters. The number of aromatic nitrogens is 3. The highest BCUT2D eigenvalue weighted by Gasteiger charge is 2.24. The van der Waals surface area contributed by atoms with Crippen LogP contribution in [0.4, 0.5) is 5.82 Å². The smallest absolute Gasteiger partial charge is 0.278 e. The number of anilines is 1. The van der Waals surface area contributed by atoms with E-state index in [1.807, 2.05) is 26.0 Å². The highest BCUT2D eigenvalue weighted by Crippen LogP contribution is 2.15. The topological polar surface area (TPSA) is 106 Å². The fraction of sp³-hybridized carbons (Fsp3) is 0.455.